The van der Waals surface area contributed by atoms with Crippen LogP contribution in [0.25, 0.3) is 14.8 Å². The van der Waals surface area contributed by atoms with Gasteiger partial charge >= 0.3 is 0 Å². The molecule has 0 fully saturated rings. The molecule has 0 amide bonds. The number of aryl methyl sites for hydroxylation is 1. The third kappa shape index (κ3) is 2.16. The van der Waals surface area contributed by atoms with Crippen molar-refractivity contribution in [1.82, 2.24) is 0 Å². The Morgan fingerprint density at radius 1 is 0.824 bits per heavy atom. The molecule has 0 unspecified atom stereocenters. The number of rotatable bonds is 2. The Morgan fingerprint density at radius 3 is 2.24 bits per heavy atom. The van der Waals surface area contributed by atoms with E-state index < -0.39 is 0 Å². The highest BCUT2D eigenvalue weighted by Crippen LogP contribution is 2.33. The lowest BCUT2D eigenvalue weighted by molar-refractivity contribution is -0.591. The maximum absolute atomic E-state index is 2.20. The van der Waals surface area contributed by atoms with Gasteiger partial charge in [0.05, 0.1) is 4.88 Å². The van der Waals surface area contributed by atoms with E-state index in [9.17, 15) is 0 Å². The second-order valence-corrected chi connectivity index (χ2v) is 6.18. The third-order valence-electron chi connectivity index (χ3n) is 2.55. The number of nitrogens with zero attached hydrogens (tertiary/aromatic N) is 1. The number of thiophene rings is 2. The summed E-state index contributed by atoms with van der Waals surface area (Å²) in [5.74, 6) is 0. The molecule has 3 heteroatoms. The molecular weight excluding hydrogens is 246 g/mol. The highest BCUT2D eigenvalue weighted by Gasteiger charge is 2.10. The number of pyridine rings is 1. The van der Waals surface area contributed by atoms with Crippen LogP contribution in [0.15, 0.2) is 54.9 Å². The van der Waals surface area contributed by atoms with Crippen LogP contribution in [0.2, 0.25) is 0 Å². The topological polar surface area (TPSA) is 3.88 Å². The molecule has 17 heavy (non-hydrogen) atoms. The first-order valence-electron chi connectivity index (χ1n) is 5.46. The molecule has 0 saturated carbocycles. The first-order valence-corrected chi connectivity index (χ1v) is 7.09. The molecule has 0 N–H and O–H groups in total. The van der Waals surface area contributed by atoms with Crippen LogP contribution in [0.4, 0.5) is 0 Å². The van der Waals surface area contributed by atoms with Gasteiger partial charge in [0, 0.05) is 28.0 Å². The van der Waals surface area contributed by atoms with Crippen LogP contribution in [-0.4, -0.2) is 0 Å². The Labute approximate surface area is 109 Å². The first-order chi connectivity index (χ1) is 8.33. The van der Waals surface area contributed by atoms with E-state index >= 15 is 0 Å². The lowest BCUT2D eigenvalue weighted by Crippen LogP contribution is -2.27. The van der Waals surface area contributed by atoms with Crippen LogP contribution in [0, 0.1) is 6.92 Å². The molecular formula is C14H12NS2+. The monoisotopic (exact) mass is 258 g/mol. The lowest BCUT2D eigenvalue weighted by Gasteiger charge is -1.89. The van der Waals surface area contributed by atoms with E-state index in [1.807, 2.05) is 28.7 Å². The van der Waals surface area contributed by atoms with Gasteiger partial charge in [-0.1, -0.05) is 17.4 Å². The Morgan fingerprint density at radius 2 is 1.53 bits per heavy atom. The molecule has 0 radical (unpaired) electrons. The van der Waals surface area contributed by atoms with Crippen molar-refractivity contribution in [3.05, 3.63) is 59.7 Å². The van der Waals surface area contributed by atoms with Crippen molar-refractivity contribution < 1.29 is 4.57 Å². The molecule has 0 aromatic carbocycles. The van der Waals surface area contributed by atoms with Gasteiger partial charge in [-0.25, -0.2) is 0 Å². The number of hydrogen-bond donors (Lipinski definition) is 0. The third-order valence-corrected chi connectivity index (χ3v) is 4.84. The van der Waals surface area contributed by atoms with Gasteiger partial charge in [0.1, 0.15) is 0 Å². The van der Waals surface area contributed by atoms with Crippen LogP contribution < -0.4 is 4.57 Å². The van der Waals surface area contributed by atoms with E-state index in [-0.39, 0.29) is 0 Å². The zero-order chi connectivity index (χ0) is 11.7. The Kier molecular flexibility index (Phi) is 2.79. The summed E-state index contributed by atoms with van der Waals surface area (Å²) in [6, 6.07) is 14.9. The SMILES string of the molecule is Cc1ccc(-c2ccc(-[n+]3ccccc3)s2)s1. The Balaban J connectivity index is 1.99. The second-order valence-electron chi connectivity index (χ2n) is 3.83. The molecule has 0 atom stereocenters. The first kappa shape index (κ1) is 10.7. The summed E-state index contributed by atoms with van der Waals surface area (Å²) in [5, 5.41) is 1.26. The number of aromatic nitrogens is 1. The van der Waals surface area contributed by atoms with E-state index in [2.05, 4.69) is 60.3 Å². The molecule has 3 rings (SSSR count). The largest absolute Gasteiger partial charge is 0.267 e. The van der Waals surface area contributed by atoms with Crippen molar-refractivity contribution in [1.29, 1.82) is 0 Å². The molecule has 3 aromatic rings. The van der Waals surface area contributed by atoms with Crippen LogP contribution in [0.5, 0.6) is 0 Å². The minimum Gasteiger partial charge on any atom is -0.158 e. The summed E-state index contributed by atoms with van der Waals surface area (Å²) >= 11 is 3.68. The van der Waals surface area contributed by atoms with Crippen molar-refractivity contribution in [2.24, 2.45) is 0 Å². The molecule has 0 aliphatic carbocycles. The van der Waals surface area contributed by atoms with Gasteiger partial charge in [0.25, 0.3) is 5.00 Å². The molecule has 0 spiro atoms. The zero-order valence-electron chi connectivity index (χ0n) is 9.46. The fraction of sp³-hybridized carbons (Fsp3) is 0.0714. The van der Waals surface area contributed by atoms with E-state index in [1.165, 1.54) is 19.6 Å². The summed E-state index contributed by atoms with van der Waals surface area (Å²) < 4.78 is 2.15. The molecule has 3 aromatic heterocycles. The standard InChI is InChI=1S/C14H12NS2/c1-11-5-6-12(16-11)13-7-8-14(17-13)15-9-3-2-4-10-15/h2-10H,1H3/q+1. The fourth-order valence-electron chi connectivity index (χ4n) is 1.71. The van der Waals surface area contributed by atoms with Gasteiger partial charge in [-0.3, -0.25) is 0 Å². The predicted octanol–water partition coefficient (Wildman–Crippen LogP) is 4.06. The molecule has 1 nitrogen and oxygen atoms in total. The maximum atomic E-state index is 2.20. The summed E-state index contributed by atoms with van der Waals surface area (Å²) in [6.07, 6.45) is 4.16. The normalized spacial score (nSPS) is 10.6. The van der Waals surface area contributed by atoms with Crippen molar-refractivity contribution in [3.8, 4) is 14.8 Å². The maximum Gasteiger partial charge on any atom is 0.267 e. The quantitative estimate of drug-likeness (QED) is 0.610. The summed E-state index contributed by atoms with van der Waals surface area (Å²) in [7, 11) is 0. The zero-order valence-corrected chi connectivity index (χ0v) is 11.1. The van der Waals surface area contributed by atoms with E-state index in [4.69, 9.17) is 0 Å². The smallest absolute Gasteiger partial charge is 0.158 e. The molecule has 0 bridgehead atoms. The highest BCUT2D eigenvalue weighted by molar-refractivity contribution is 7.23. The fourth-order valence-corrected chi connectivity index (χ4v) is 3.64. The summed E-state index contributed by atoms with van der Waals surface area (Å²) in [4.78, 5) is 4.06. The van der Waals surface area contributed by atoms with Gasteiger partial charge in [-0.15, -0.1) is 11.3 Å². The minimum atomic E-state index is 1.26. The van der Waals surface area contributed by atoms with Gasteiger partial charge in [-0.05, 0) is 25.1 Å². The number of hydrogen-bond acceptors (Lipinski definition) is 2. The van der Waals surface area contributed by atoms with Crippen molar-refractivity contribution >= 4 is 22.7 Å². The molecule has 0 aliphatic rings. The van der Waals surface area contributed by atoms with Crippen LogP contribution in [-0.2, 0) is 0 Å². The van der Waals surface area contributed by atoms with E-state index in [1.54, 1.807) is 0 Å². The second kappa shape index (κ2) is 4.43. The van der Waals surface area contributed by atoms with Crippen LogP contribution >= 0.6 is 22.7 Å². The lowest BCUT2D eigenvalue weighted by atomic mass is 10.4. The van der Waals surface area contributed by atoms with Crippen molar-refractivity contribution in [2.75, 3.05) is 0 Å². The van der Waals surface area contributed by atoms with Gasteiger partial charge in [0.15, 0.2) is 12.4 Å². The van der Waals surface area contributed by atoms with E-state index in [0.717, 1.165) is 0 Å². The highest BCUT2D eigenvalue weighted by atomic mass is 32.1. The average molecular weight is 258 g/mol. The molecule has 3 heterocycles. The Hall–Kier alpha value is -1.45. The van der Waals surface area contributed by atoms with Crippen LogP contribution in [0.3, 0.4) is 0 Å². The molecule has 0 saturated heterocycles. The summed E-state index contributed by atoms with van der Waals surface area (Å²) in [5.41, 5.74) is 0. The predicted molar refractivity (Wildman–Crippen MR) is 73.9 cm³/mol. The Bertz CT molecular complexity index is 622. The molecule has 0 aliphatic heterocycles. The average Bonchev–Trinajstić information content (AvgIpc) is 2.98. The van der Waals surface area contributed by atoms with Crippen LogP contribution in [0.1, 0.15) is 4.88 Å². The van der Waals surface area contributed by atoms with Gasteiger partial charge < -0.3 is 0 Å². The van der Waals surface area contributed by atoms with E-state index in [0.29, 0.717) is 0 Å². The minimum absolute atomic E-state index is 1.26. The molecule has 84 valence electrons. The summed E-state index contributed by atoms with van der Waals surface area (Å²) in [6.45, 7) is 2.15. The van der Waals surface area contributed by atoms with Crippen molar-refractivity contribution in [2.45, 2.75) is 6.92 Å². The van der Waals surface area contributed by atoms with Crippen molar-refractivity contribution in [3.63, 3.8) is 0 Å². The van der Waals surface area contributed by atoms with Gasteiger partial charge in [0.2, 0.25) is 0 Å². The van der Waals surface area contributed by atoms with Gasteiger partial charge in [-0.2, -0.15) is 4.57 Å².